The van der Waals surface area contributed by atoms with Crippen LogP contribution in [0, 0.1) is 0 Å². The van der Waals surface area contributed by atoms with Gasteiger partial charge in [-0.15, -0.1) is 0 Å². The van der Waals surface area contributed by atoms with Crippen molar-refractivity contribution in [3.63, 3.8) is 0 Å². The Kier molecular flexibility index (Phi) is 10.6. The van der Waals surface area contributed by atoms with Crippen LogP contribution < -0.4 is 11.5 Å². The summed E-state index contributed by atoms with van der Waals surface area (Å²) >= 11 is -0.472. The molecule has 0 aromatic rings. The molecule has 2 nitrogen and oxygen atoms in total. The second-order valence-corrected chi connectivity index (χ2v) is 6.65. The summed E-state index contributed by atoms with van der Waals surface area (Å²) in [4.78, 5) is 0. The van der Waals surface area contributed by atoms with E-state index in [1.54, 1.807) is 0 Å². The van der Waals surface area contributed by atoms with Crippen LogP contribution in [0.2, 0.25) is 0 Å². The third-order valence-corrected chi connectivity index (χ3v) is 2.37. The zero-order chi connectivity index (χ0) is 10.1. The molecule has 1 fully saturated rings. The van der Waals surface area contributed by atoms with E-state index in [1.165, 1.54) is 25.7 Å². The van der Waals surface area contributed by atoms with E-state index in [4.69, 9.17) is 30.3 Å². The van der Waals surface area contributed by atoms with Crippen molar-refractivity contribution >= 4 is 18.8 Å². The van der Waals surface area contributed by atoms with Gasteiger partial charge in [-0.2, -0.15) is 0 Å². The molecule has 0 aromatic carbocycles. The Balaban J connectivity index is 0.000000424. The average molecular weight is 408 g/mol. The van der Waals surface area contributed by atoms with Gasteiger partial charge in [0.1, 0.15) is 0 Å². The Labute approximate surface area is 97.1 Å². The molecule has 13 heavy (non-hydrogen) atoms. The molecule has 0 unspecified atom stereocenters. The molecule has 0 bridgehead atoms. The van der Waals surface area contributed by atoms with Gasteiger partial charge < -0.3 is 11.5 Å². The number of hydrogen-bond acceptors (Lipinski definition) is 2. The van der Waals surface area contributed by atoms with Gasteiger partial charge in [0.15, 0.2) is 0 Å². The van der Waals surface area contributed by atoms with E-state index >= 15 is 0 Å². The zero-order valence-corrected chi connectivity index (χ0v) is 11.4. The zero-order valence-electron chi connectivity index (χ0n) is 7.62. The molecule has 0 heterocycles. The monoisotopic (exact) mass is 407 g/mol. The van der Waals surface area contributed by atoms with Gasteiger partial charge in [-0.05, 0) is 12.8 Å². The summed E-state index contributed by atoms with van der Waals surface area (Å²) in [5.74, 6) is 0. The van der Waals surface area contributed by atoms with Crippen LogP contribution in [0.3, 0.4) is 0 Å². The standard InChI is InChI=1S/C8H18N2.2ClH.Pt/c9-7-5-3-1-2-4-6-8(7)10;;;/h7-8H,1-6,9-10H2;2*1H;/q;;;+2/p-2/t7-,8-;;;/m1.../s1. The Bertz CT molecular complexity index is 104. The first-order chi connectivity index (χ1) is 6.22. The molecule has 4 N–H and O–H groups in total. The van der Waals surface area contributed by atoms with Crippen LogP contribution in [0.25, 0.3) is 0 Å². The van der Waals surface area contributed by atoms with Crippen molar-refractivity contribution in [3.05, 3.63) is 0 Å². The average Bonchev–Trinajstić information content (AvgIpc) is 2.09. The molecule has 1 rings (SSSR count). The van der Waals surface area contributed by atoms with Crippen molar-refractivity contribution in [2.24, 2.45) is 11.5 Å². The van der Waals surface area contributed by atoms with Crippen molar-refractivity contribution in [3.8, 4) is 0 Å². The van der Waals surface area contributed by atoms with Gasteiger partial charge >= 0.3 is 35.3 Å². The summed E-state index contributed by atoms with van der Waals surface area (Å²) in [5.41, 5.74) is 11.6. The van der Waals surface area contributed by atoms with Gasteiger partial charge in [0, 0.05) is 12.1 Å². The molecule has 0 saturated heterocycles. The fourth-order valence-electron chi connectivity index (χ4n) is 1.54. The first kappa shape index (κ1) is 14.2. The molecule has 1 aliphatic rings. The molecule has 0 aliphatic heterocycles. The molecule has 5 heteroatoms. The number of hydrogen-bond donors (Lipinski definition) is 2. The van der Waals surface area contributed by atoms with Gasteiger partial charge in [0.25, 0.3) is 0 Å². The van der Waals surface area contributed by atoms with Crippen LogP contribution >= 0.6 is 18.8 Å². The normalized spacial score (nSPS) is 29.8. The van der Waals surface area contributed by atoms with Crippen LogP contribution in [0.4, 0.5) is 0 Å². The maximum absolute atomic E-state index is 5.82. The maximum atomic E-state index is 5.82. The summed E-state index contributed by atoms with van der Waals surface area (Å²) in [6.07, 6.45) is 7.49. The second-order valence-electron chi connectivity index (χ2n) is 3.36. The third kappa shape index (κ3) is 8.20. The van der Waals surface area contributed by atoms with Crippen LogP contribution in [0.15, 0.2) is 0 Å². The fourth-order valence-corrected chi connectivity index (χ4v) is 1.54. The molecule has 1 saturated carbocycles. The van der Waals surface area contributed by atoms with Crippen molar-refractivity contribution in [1.29, 1.82) is 0 Å². The van der Waals surface area contributed by atoms with E-state index in [0.717, 1.165) is 12.8 Å². The minimum atomic E-state index is -0.472. The van der Waals surface area contributed by atoms with Crippen molar-refractivity contribution in [2.45, 2.75) is 50.6 Å². The van der Waals surface area contributed by atoms with Crippen LogP contribution in [-0.2, 0) is 16.5 Å². The molecule has 0 aromatic heterocycles. The van der Waals surface area contributed by atoms with E-state index in [-0.39, 0.29) is 12.1 Å². The van der Waals surface area contributed by atoms with Gasteiger partial charge in [-0.25, -0.2) is 0 Å². The Morgan fingerprint density at radius 1 is 0.846 bits per heavy atom. The van der Waals surface area contributed by atoms with Gasteiger partial charge in [-0.1, -0.05) is 25.7 Å². The second kappa shape index (κ2) is 9.73. The van der Waals surface area contributed by atoms with Crippen LogP contribution in [0.5, 0.6) is 0 Å². The molecule has 0 spiro atoms. The van der Waals surface area contributed by atoms with E-state index < -0.39 is 16.5 Å². The molecular formula is C8H18Cl2N2Pt. The predicted octanol–water partition coefficient (Wildman–Crippen LogP) is 2.37. The Morgan fingerprint density at radius 3 is 1.46 bits per heavy atom. The Hall–Kier alpha value is 1.19. The molecule has 0 radical (unpaired) electrons. The summed E-state index contributed by atoms with van der Waals surface area (Å²) < 4.78 is 0. The van der Waals surface area contributed by atoms with Gasteiger partial charge in [0.05, 0.1) is 0 Å². The fraction of sp³-hybridized carbons (Fsp3) is 1.00. The quantitative estimate of drug-likeness (QED) is 0.647. The van der Waals surface area contributed by atoms with Crippen LogP contribution in [-0.4, -0.2) is 12.1 Å². The molecule has 1 aliphatic carbocycles. The third-order valence-electron chi connectivity index (χ3n) is 2.37. The summed E-state index contributed by atoms with van der Waals surface area (Å²) in [7, 11) is 9.75. The SMILES string of the molecule is N[C@@H]1CCCCCC[C@H]1N.[Cl][Pt][Cl]. The predicted molar refractivity (Wildman–Crippen MR) is 55.4 cm³/mol. The van der Waals surface area contributed by atoms with E-state index in [0.29, 0.717) is 0 Å². The van der Waals surface area contributed by atoms with E-state index in [1.807, 2.05) is 0 Å². The number of nitrogens with two attached hydrogens (primary N) is 2. The van der Waals surface area contributed by atoms with Crippen molar-refractivity contribution in [2.75, 3.05) is 0 Å². The molecule has 84 valence electrons. The minimum absolute atomic E-state index is 0.264. The van der Waals surface area contributed by atoms with E-state index in [2.05, 4.69) is 0 Å². The van der Waals surface area contributed by atoms with Crippen LogP contribution in [0.1, 0.15) is 38.5 Å². The summed E-state index contributed by atoms with van der Waals surface area (Å²) in [6.45, 7) is 0. The summed E-state index contributed by atoms with van der Waals surface area (Å²) in [5, 5.41) is 0. The van der Waals surface area contributed by atoms with Crippen molar-refractivity contribution < 1.29 is 16.5 Å². The van der Waals surface area contributed by atoms with Crippen molar-refractivity contribution in [1.82, 2.24) is 0 Å². The van der Waals surface area contributed by atoms with E-state index in [9.17, 15) is 0 Å². The molecule has 0 amide bonds. The summed E-state index contributed by atoms with van der Waals surface area (Å²) in [6, 6.07) is 0.528. The topological polar surface area (TPSA) is 52.0 Å². The first-order valence-electron chi connectivity index (χ1n) is 4.56. The number of halogens is 2. The van der Waals surface area contributed by atoms with Gasteiger partial charge in [-0.3, -0.25) is 0 Å². The first-order valence-corrected chi connectivity index (χ1v) is 10.2. The molecule has 2 atom stereocenters. The molecular weight excluding hydrogens is 390 g/mol. The number of rotatable bonds is 0. The Morgan fingerprint density at radius 2 is 1.15 bits per heavy atom. The van der Waals surface area contributed by atoms with Gasteiger partial charge in [0.2, 0.25) is 0 Å².